The van der Waals surface area contributed by atoms with Crippen LogP contribution >= 0.6 is 0 Å². The van der Waals surface area contributed by atoms with Gasteiger partial charge in [-0.05, 0) is 30.2 Å². The lowest BCUT2D eigenvalue weighted by atomic mass is 10.00. The van der Waals surface area contributed by atoms with Crippen LogP contribution in [0.1, 0.15) is 18.2 Å². The highest BCUT2D eigenvalue weighted by atomic mass is 16.1. The summed E-state index contributed by atoms with van der Waals surface area (Å²) in [6, 6.07) is 14.0. The van der Waals surface area contributed by atoms with Crippen molar-refractivity contribution in [3.05, 3.63) is 66.1 Å². The molecule has 0 saturated carbocycles. The Bertz CT molecular complexity index is 779. The van der Waals surface area contributed by atoms with Gasteiger partial charge in [-0.2, -0.15) is 0 Å². The van der Waals surface area contributed by atoms with Gasteiger partial charge >= 0.3 is 0 Å². The molecule has 0 aliphatic heterocycles. The van der Waals surface area contributed by atoms with Crippen LogP contribution < -0.4 is 5.32 Å². The predicted molar refractivity (Wildman–Crippen MR) is 92.1 cm³/mol. The fourth-order valence-corrected chi connectivity index (χ4v) is 2.76. The summed E-state index contributed by atoms with van der Waals surface area (Å²) in [6.45, 7) is 2.59. The molecule has 1 amide bonds. The summed E-state index contributed by atoms with van der Waals surface area (Å²) in [5.41, 5.74) is 3.30. The minimum Gasteiger partial charge on any atom is -0.361 e. The van der Waals surface area contributed by atoms with Gasteiger partial charge in [0, 0.05) is 47.9 Å². The molecule has 0 radical (unpaired) electrons. The summed E-state index contributed by atoms with van der Waals surface area (Å²) < 4.78 is 0. The minimum absolute atomic E-state index is 0.0575. The molecule has 0 spiro atoms. The first-order chi connectivity index (χ1) is 11.2. The Labute approximate surface area is 136 Å². The highest BCUT2D eigenvalue weighted by Gasteiger charge is 2.15. The quantitative estimate of drug-likeness (QED) is 0.735. The number of aromatic nitrogens is 2. The number of hydrogen-bond acceptors (Lipinski definition) is 2. The maximum Gasteiger partial charge on any atom is 0.223 e. The van der Waals surface area contributed by atoms with Crippen molar-refractivity contribution in [3.63, 3.8) is 0 Å². The van der Waals surface area contributed by atoms with Gasteiger partial charge in [-0.25, -0.2) is 0 Å². The van der Waals surface area contributed by atoms with Gasteiger partial charge in [-0.1, -0.05) is 31.2 Å². The van der Waals surface area contributed by atoms with Gasteiger partial charge in [0.2, 0.25) is 5.91 Å². The number of hydrogen-bond donors (Lipinski definition) is 2. The molecule has 0 aliphatic carbocycles. The smallest absolute Gasteiger partial charge is 0.223 e. The highest BCUT2D eigenvalue weighted by molar-refractivity contribution is 5.84. The first-order valence-electron chi connectivity index (χ1n) is 7.96. The Morgan fingerprint density at radius 3 is 2.87 bits per heavy atom. The van der Waals surface area contributed by atoms with Crippen molar-refractivity contribution >= 4 is 16.8 Å². The molecule has 1 atom stereocenters. The molecule has 23 heavy (non-hydrogen) atoms. The molecule has 0 saturated heterocycles. The van der Waals surface area contributed by atoms with Gasteiger partial charge in [0.05, 0.1) is 0 Å². The Balaban J connectivity index is 1.53. The summed E-state index contributed by atoms with van der Waals surface area (Å²) >= 11 is 0. The maximum atomic E-state index is 12.3. The number of nitrogens with zero attached hydrogens (tertiary/aromatic N) is 1. The molecule has 1 unspecified atom stereocenters. The van der Waals surface area contributed by atoms with Gasteiger partial charge in [0.1, 0.15) is 0 Å². The van der Waals surface area contributed by atoms with E-state index in [-0.39, 0.29) is 11.8 Å². The lowest BCUT2D eigenvalue weighted by Gasteiger charge is -2.11. The van der Waals surface area contributed by atoms with E-state index in [1.165, 1.54) is 10.9 Å². The first-order valence-corrected chi connectivity index (χ1v) is 7.96. The molecule has 3 rings (SSSR count). The molecule has 0 fully saturated rings. The largest absolute Gasteiger partial charge is 0.361 e. The lowest BCUT2D eigenvalue weighted by molar-refractivity contribution is -0.124. The average Bonchev–Trinajstić information content (AvgIpc) is 2.99. The van der Waals surface area contributed by atoms with Crippen molar-refractivity contribution in [2.45, 2.75) is 19.8 Å². The summed E-state index contributed by atoms with van der Waals surface area (Å²) in [4.78, 5) is 19.8. The third-order valence-electron chi connectivity index (χ3n) is 4.06. The highest BCUT2D eigenvalue weighted by Crippen LogP contribution is 2.20. The maximum absolute atomic E-state index is 12.3. The minimum atomic E-state index is -0.0575. The van der Waals surface area contributed by atoms with Crippen molar-refractivity contribution in [1.29, 1.82) is 0 Å². The van der Waals surface area contributed by atoms with E-state index in [0.29, 0.717) is 6.54 Å². The number of carbonyl (C=O) groups is 1. The van der Waals surface area contributed by atoms with Gasteiger partial charge in [0.25, 0.3) is 0 Å². The second kappa shape index (κ2) is 7.09. The zero-order chi connectivity index (χ0) is 16.1. The van der Waals surface area contributed by atoms with Crippen LogP contribution in [0.2, 0.25) is 0 Å². The zero-order valence-electron chi connectivity index (χ0n) is 13.3. The number of carbonyl (C=O) groups excluding carboxylic acids is 1. The van der Waals surface area contributed by atoms with E-state index in [9.17, 15) is 4.79 Å². The summed E-state index contributed by atoms with van der Waals surface area (Å²) in [6.07, 6.45) is 5.27. The van der Waals surface area contributed by atoms with Crippen molar-refractivity contribution < 1.29 is 4.79 Å². The molecule has 0 aliphatic rings. The van der Waals surface area contributed by atoms with Crippen LogP contribution in [0.5, 0.6) is 0 Å². The van der Waals surface area contributed by atoms with Crippen LogP contribution in [0, 0.1) is 5.92 Å². The lowest BCUT2D eigenvalue weighted by Crippen LogP contribution is -2.32. The number of benzene rings is 1. The average molecular weight is 307 g/mol. The van der Waals surface area contributed by atoms with E-state index in [0.717, 1.165) is 24.1 Å². The molecular weight excluding hydrogens is 286 g/mol. The summed E-state index contributed by atoms with van der Waals surface area (Å²) in [5, 5.41) is 4.20. The second-order valence-corrected chi connectivity index (χ2v) is 5.83. The zero-order valence-corrected chi connectivity index (χ0v) is 13.3. The predicted octanol–water partition coefficient (Wildman–Crippen LogP) is 3.10. The Hall–Kier alpha value is -2.62. The molecular formula is C19H21N3O. The second-order valence-electron chi connectivity index (χ2n) is 5.83. The van der Waals surface area contributed by atoms with Crippen LogP contribution in [0.4, 0.5) is 0 Å². The number of para-hydroxylation sites is 1. The molecule has 118 valence electrons. The third-order valence-corrected chi connectivity index (χ3v) is 4.06. The standard InChI is InChI=1S/C19H21N3O/c1-14(12-15-13-22-18-8-3-2-7-17(15)18)19(23)21-11-9-16-6-4-5-10-20-16/h2-8,10,13-14,22H,9,11-12H2,1H3,(H,21,23). The van der Waals surface area contributed by atoms with Crippen molar-refractivity contribution in [2.24, 2.45) is 5.92 Å². The summed E-state index contributed by atoms with van der Waals surface area (Å²) in [5.74, 6) is 0.0316. The molecule has 2 aromatic heterocycles. The summed E-state index contributed by atoms with van der Waals surface area (Å²) in [7, 11) is 0. The van der Waals surface area contributed by atoms with Crippen molar-refractivity contribution in [1.82, 2.24) is 15.3 Å². The van der Waals surface area contributed by atoms with E-state index in [2.05, 4.69) is 27.4 Å². The monoisotopic (exact) mass is 307 g/mol. The van der Waals surface area contributed by atoms with Gasteiger partial charge in [-0.3, -0.25) is 9.78 Å². The van der Waals surface area contributed by atoms with Crippen molar-refractivity contribution in [3.8, 4) is 0 Å². The SMILES string of the molecule is CC(Cc1c[nH]c2ccccc12)C(=O)NCCc1ccccn1. The Kier molecular flexibility index (Phi) is 4.71. The number of H-pyrrole nitrogens is 1. The normalized spacial score (nSPS) is 12.2. The van der Waals surface area contributed by atoms with E-state index in [4.69, 9.17) is 0 Å². The van der Waals surface area contributed by atoms with Gasteiger partial charge < -0.3 is 10.3 Å². The van der Waals surface area contributed by atoms with E-state index in [1.807, 2.05) is 43.5 Å². The fourth-order valence-electron chi connectivity index (χ4n) is 2.76. The van der Waals surface area contributed by atoms with Gasteiger partial charge in [0.15, 0.2) is 0 Å². The van der Waals surface area contributed by atoms with E-state index >= 15 is 0 Å². The molecule has 4 nitrogen and oxygen atoms in total. The molecule has 4 heteroatoms. The molecule has 3 aromatic rings. The fraction of sp³-hybridized carbons (Fsp3) is 0.263. The van der Waals surface area contributed by atoms with E-state index in [1.54, 1.807) is 6.20 Å². The number of aromatic amines is 1. The van der Waals surface area contributed by atoms with Crippen LogP contribution in [0.15, 0.2) is 54.9 Å². The van der Waals surface area contributed by atoms with Crippen molar-refractivity contribution in [2.75, 3.05) is 6.54 Å². The van der Waals surface area contributed by atoms with Crippen LogP contribution in [-0.2, 0) is 17.6 Å². The van der Waals surface area contributed by atoms with E-state index < -0.39 is 0 Å². The van der Waals surface area contributed by atoms with Crippen LogP contribution in [0.25, 0.3) is 10.9 Å². The topological polar surface area (TPSA) is 57.8 Å². The Morgan fingerprint density at radius 2 is 2.04 bits per heavy atom. The number of amides is 1. The van der Waals surface area contributed by atoms with Crippen LogP contribution in [-0.4, -0.2) is 22.4 Å². The number of rotatable bonds is 6. The van der Waals surface area contributed by atoms with Crippen LogP contribution in [0.3, 0.4) is 0 Å². The van der Waals surface area contributed by atoms with Gasteiger partial charge in [-0.15, -0.1) is 0 Å². The number of fused-ring (bicyclic) bond motifs is 1. The third kappa shape index (κ3) is 3.77. The molecule has 2 heterocycles. The first kappa shape index (κ1) is 15.3. The number of nitrogens with one attached hydrogen (secondary N) is 2. The Morgan fingerprint density at radius 1 is 1.22 bits per heavy atom. The molecule has 1 aromatic carbocycles. The molecule has 2 N–H and O–H groups in total. The number of pyridine rings is 1. The molecule has 0 bridgehead atoms.